The Hall–Kier alpha value is -3.96. The quantitative estimate of drug-likeness (QED) is 0.0614. The number of carbonyl (C=O) groups excluding carboxylic acids is 1. The molecule has 0 fully saturated rings. The van der Waals surface area contributed by atoms with E-state index in [0.717, 1.165) is 61.6 Å². The normalized spacial score (nSPS) is 10.8. The van der Waals surface area contributed by atoms with Gasteiger partial charge in [0.05, 0.1) is 23.3 Å². The molecule has 4 rings (SSSR count). The first-order valence-electron chi connectivity index (χ1n) is 15.8. The Morgan fingerprint density at radius 1 is 0.766 bits per heavy atom. The van der Waals surface area contributed by atoms with Crippen LogP contribution in [0.15, 0.2) is 113 Å². The summed E-state index contributed by atoms with van der Waals surface area (Å²) in [5, 5.41) is 18.2. The molecule has 0 aliphatic carbocycles. The number of aromatic nitrogens is 2. The number of hydrogen-bond acceptors (Lipinski definition) is 6. The molecule has 0 bridgehead atoms. The van der Waals surface area contributed by atoms with Gasteiger partial charge in [0.25, 0.3) is 0 Å². The van der Waals surface area contributed by atoms with E-state index < -0.39 is 0 Å². The highest BCUT2D eigenvalue weighted by molar-refractivity contribution is 5.93. The molecule has 0 radical (unpaired) electrons. The highest BCUT2D eigenvalue weighted by atomic mass is 79.9. The summed E-state index contributed by atoms with van der Waals surface area (Å²) in [6.45, 7) is 9.48. The third kappa shape index (κ3) is 13.0. The lowest BCUT2D eigenvalue weighted by atomic mass is 10.2. The van der Waals surface area contributed by atoms with E-state index in [2.05, 4.69) is 73.1 Å². The Balaban J connectivity index is 0.00000384. The Labute approximate surface area is 300 Å². The summed E-state index contributed by atoms with van der Waals surface area (Å²) in [6, 6.07) is 24.1. The minimum Gasteiger partial charge on any atom is -1.00 e. The zero-order valence-electron chi connectivity index (χ0n) is 27.8. The Bertz CT molecular complexity index is 1540. The number of anilines is 3. The standard InChI is InChI=1S/C36H45N8O.2BrH/c1-5-44(6-2)34-16-17-35(36(28-34)38-30(3)45)40-39-32-20-26-43(27-21-32)23-13-8-7-12-22-42-24-18-31(19-25-42)29-37-41(4)33-14-10-9-11-15-33;;/h9-11,14-21,24-29H,5-8,12-13,22-23H2,1-4H3;2*1H/q+1;;/p-1. The van der Waals surface area contributed by atoms with Crippen LogP contribution in [0.4, 0.5) is 28.4 Å². The van der Waals surface area contributed by atoms with Crippen molar-refractivity contribution in [2.75, 3.05) is 35.4 Å². The summed E-state index contributed by atoms with van der Waals surface area (Å²) < 4.78 is 4.42. The second-order valence-electron chi connectivity index (χ2n) is 10.9. The predicted octanol–water partition coefficient (Wildman–Crippen LogP) is 1.22. The predicted molar refractivity (Wildman–Crippen MR) is 183 cm³/mol. The molecule has 47 heavy (non-hydrogen) atoms. The minimum absolute atomic E-state index is 0. The van der Waals surface area contributed by atoms with Crippen molar-refractivity contribution in [3.8, 4) is 0 Å². The molecule has 0 aliphatic rings. The molecule has 4 aromatic rings. The van der Waals surface area contributed by atoms with Gasteiger partial charge in [-0.2, -0.15) is 10.2 Å². The van der Waals surface area contributed by atoms with Gasteiger partial charge in [-0.1, -0.05) is 18.2 Å². The van der Waals surface area contributed by atoms with Crippen molar-refractivity contribution in [3.05, 3.63) is 103 Å². The lowest BCUT2D eigenvalue weighted by Gasteiger charge is -2.22. The summed E-state index contributed by atoms with van der Waals surface area (Å²) in [6.07, 6.45) is 14.9. The van der Waals surface area contributed by atoms with Crippen LogP contribution in [0.1, 0.15) is 52.0 Å². The molecular weight excluding hydrogens is 720 g/mol. The summed E-state index contributed by atoms with van der Waals surface area (Å²) in [5.74, 6) is -0.134. The monoisotopic (exact) mass is 764 g/mol. The largest absolute Gasteiger partial charge is 1.00 e. The first-order valence-corrected chi connectivity index (χ1v) is 15.8. The van der Waals surface area contributed by atoms with Gasteiger partial charge in [0.1, 0.15) is 18.8 Å². The number of hydrogen-bond donors (Lipinski definition) is 1. The molecule has 2 aromatic carbocycles. The number of para-hydroxylation sites is 1. The molecule has 1 N–H and O–H groups in total. The van der Waals surface area contributed by atoms with Crippen LogP contribution in [0.3, 0.4) is 0 Å². The number of halogens is 2. The van der Waals surface area contributed by atoms with Crippen LogP contribution in [0.5, 0.6) is 0 Å². The molecule has 0 spiro atoms. The average molecular weight is 767 g/mol. The maximum atomic E-state index is 11.8. The van der Waals surface area contributed by atoms with Gasteiger partial charge in [-0.05, 0) is 57.0 Å². The number of nitrogens with zero attached hydrogens (tertiary/aromatic N) is 7. The van der Waals surface area contributed by atoms with Crippen molar-refractivity contribution in [1.82, 2.24) is 0 Å². The first-order chi connectivity index (χ1) is 21.9. The van der Waals surface area contributed by atoms with Crippen molar-refractivity contribution in [1.29, 1.82) is 0 Å². The molecule has 0 saturated carbocycles. The van der Waals surface area contributed by atoms with E-state index in [-0.39, 0.29) is 39.9 Å². The molecular formula is C36H46Br2N8O. The van der Waals surface area contributed by atoms with Crippen molar-refractivity contribution in [3.63, 3.8) is 0 Å². The number of amides is 1. The number of hydrazone groups is 1. The number of aryl methyl sites for hydroxylation is 2. The smallest absolute Gasteiger partial charge is 0.221 e. The van der Waals surface area contributed by atoms with Crippen LogP contribution in [-0.4, -0.2) is 32.3 Å². The van der Waals surface area contributed by atoms with Crippen LogP contribution < -0.4 is 58.3 Å². The number of unbranched alkanes of at least 4 members (excludes halogenated alkanes) is 3. The molecule has 1 amide bonds. The summed E-state index contributed by atoms with van der Waals surface area (Å²) in [4.78, 5) is 14.0. The second-order valence-corrected chi connectivity index (χ2v) is 10.9. The number of carbonyl (C=O) groups is 1. The Kier molecular flexibility index (Phi) is 17.5. The Morgan fingerprint density at radius 2 is 1.36 bits per heavy atom. The number of azo groups is 1. The fraction of sp³-hybridized carbons (Fsp3) is 0.333. The highest BCUT2D eigenvalue weighted by Gasteiger charge is 2.10. The number of benzene rings is 2. The molecule has 0 atom stereocenters. The molecule has 0 unspecified atom stereocenters. The van der Waals surface area contributed by atoms with E-state index in [1.165, 1.54) is 19.8 Å². The summed E-state index contributed by atoms with van der Waals surface area (Å²) in [5.41, 5.74) is 5.25. The van der Waals surface area contributed by atoms with Gasteiger partial charge in [0.2, 0.25) is 5.91 Å². The number of rotatable bonds is 16. The van der Waals surface area contributed by atoms with E-state index in [9.17, 15) is 4.79 Å². The van der Waals surface area contributed by atoms with E-state index in [4.69, 9.17) is 0 Å². The highest BCUT2D eigenvalue weighted by Crippen LogP contribution is 2.31. The van der Waals surface area contributed by atoms with Gasteiger partial charge in [-0.3, -0.25) is 9.80 Å². The zero-order chi connectivity index (χ0) is 31.9. The van der Waals surface area contributed by atoms with E-state index in [1.807, 2.05) is 91.3 Å². The van der Waals surface area contributed by atoms with Crippen molar-refractivity contribution in [2.24, 2.45) is 15.3 Å². The molecule has 2 aromatic heterocycles. The molecule has 9 nitrogen and oxygen atoms in total. The van der Waals surface area contributed by atoms with Gasteiger partial charge in [-0.15, -0.1) is 5.11 Å². The van der Waals surface area contributed by atoms with Gasteiger partial charge in [-0.25, -0.2) is 9.13 Å². The van der Waals surface area contributed by atoms with Gasteiger partial charge >= 0.3 is 0 Å². The first kappa shape index (κ1) is 39.2. The van der Waals surface area contributed by atoms with Crippen LogP contribution in [0.25, 0.3) is 0 Å². The van der Waals surface area contributed by atoms with Crippen molar-refractivity contribution >= 4 is 40.6 Å². The minimum atomic E-state index is -0.134. The van der Waals surface area contributed by atoms with Crippen LogP contribution in [0.2, 0.25) is 0 Å². The van der Waals surface area contributed by atoms with Crippen molar-refractivity contribution in [2.45, 2.75) is 59.5 Å². The molecule has 0 aliphatic heterocycles. The number of nitrogens with one attached hydrogen (secondary N) is 1. The summed E-state index contributed by atoms with van der Waals surface area (Å²) >= 11 is 0. The van der Waals surface area contributed by atoms with Crippen molar-refractivity contribution < 1.29 is 47.9 Å². The zero-order valence-corrected chi connectivity index (χ0v) is 30.9. The SMILES string of the molecule is CCN(CC)c1ccc(N=Nc2cc[n+](CCCCCC[n+]3ccc(/C=N\N(C)c4ccccc4)cc3)cc2)c(NC(C)=O)c1.[Br-].[Br-]. The Morgan fingerprint density at radius 3 is 1.94 bits per heavy atom. The number of pyridine rings is 2. The average Bonchev–Trinajstić information content (AvgIpc) is 3.06. The van der Waals surface area contributed by atoms with E-state index >= 15 is 0 Å². The lowest BCUT2D eigenvalue weighted by Crippen LogP contribution is -3.00. The van der Waals surface area contributed by atoms with Crippen LogP contribution >= 0.6 is 0 Å². The van der Waals surface area contributed by atoms with Crippen LogP contribution in [0, 0.1) is 0 Å². The third-order valence-corrected chi connectivity index (χ3v) is 7.58. The molecule has 2 heterocycles. The fourth-order valence-electron chi connectivity index (χ4n) is 4.97. The third-order valence-electron chi connectivity index (χ3n) is 7.58. The maximum absolute atomic E-state index is 11.8. The van der Waals surface area contributed by atoms with Crippen LogP contribution in [-0.2, 0) is 17.9 Å². The van der Waals surface area contributed by atoms with Gasteiger partial charge in [0.15, 0.2) is 24.8 Å². The molecule has 0 saturated heterocycles. The topological polar surface area (TPSA) is 80.4 Å². The van der Waals surface area contributed by atoms with E-state index in [1.54, 1.807) is 0 Å². The molecule has 250 valence electrons. The molecule has 11 heteroatoms. The van der Waals surface area contributed by atoms with Gasteiger partial charge < -0.3 is 44.2 Å². The maximum Gasteiger partial charge on any atom is 0.221 e. The second kappa shape index (κ2) is 21.0. The summed E-state index contributed by atoms with van der Waals surface area (Å²) in [7, 11) is 1.95. The van der Waals surface area contributed by atoms with E-state index in [0.29, 0.717) is 11.4 Å². The fourth-order valence-corrected chi connectivity index (χ4v) is 4.97. The lowest BCUT2D eigenvalue weighted by molar-refractivity contribution is -0.698. The van der Waals surface area contributed by atoms with Gasteiger partial charge in [0, 0.05) is 75.4 Å².